The van der Waals surface area contributed by atoms with Crippen LogP contribution in [0.5, 0.6) is 0 Å². The highest BCUT2D eigenvalue weighted by Crippen LogP contribution is 2.43. The Morgan fingerprint density at radius 2 is 1.79 bits per heavy atom. The summed E-state index contributed by atoms with van der Waals surface area (Å²) < 4.78 is 0. The maximum Gasteiger partial charge on any atom is 0.335 e. The second-order valence-corrected chi connectivity index (χ2v) is 9.71. The SMILES string of the molecule is CCN1c2ccc(/C=C3\C(=O)NC(=O)N(c4ccc(C)c(C)c4)C3=O)cc2C(C)CC1(C)C. The summed E-state index contributed by atoms with van der Waals surface area (Å²) in [4.78, 5) is 41.8. The Hall–Kier alpha value is -3.41. The molecule has 0 radical (unpaired) electrons. The van der Waals surface area contributed by atoms with Gasteiger partial charge in [0, 0.05) is 17.8 Å². The van der Waals surface area contributed by atoms with Gasteiger partial charge in [0.2, 0.25) is 0 Å². The molecule has 4 amide bonds. The van der Waals surface area contributed by atoms with Crippen LogP contribution in [0.25, 0.3) is 6.08 Å². The molecule has 172 valence electrons. The zero-order valence-corrected chi connectivity index (χ0v) is 20.2. The van der Waals surface area contributed by atoms with Gasteiger partial charge in [-0.1, -0.05) is 19.1 Å². The third kappa shape index (κ3) is 3.94. The minimum Gasteiger partial charge on any atom is -0.366 e. The number of nitrogens with zero attached hydrogens (tertiary/aromatic N) is 2. The molecule has 2 aromatic carbocycles. The molecule has 0 bridgehead atoms. The van der Waals surface area contributed by atoms with Gasteiger partial charge in [-0.2, -0.15) is 0 Å². The summed E-state index contributed by atoms with van der Waals surface area (Å²) >= 11 is 0. The highest BCUT2D eigenvalue weighted by atomic mass is 16.2. The summed E-state index contributed by atoms with van der Waals surface area (Å²) in [6.45, 7) is 13.7. The number of barbiturate groups is 1. The number of anilines is 2. The number of carbonyl (C=O) groups is 3. The molecule has 4 rings (SSSR count). The van der Waals surface area contributed by atoms with Gasteiger partial charge in [0.1, 0.15) is 5.57 Å². The molecule has 1 saturated heterocycles. The van der Waals surface area contributed by atoms with E-state index in [0.717, 1.165) is 34.6 Å². The number of rotatable bonds is 3. The molecule has 0 aliphatic carbocycles. The van der Waals surface area contributed by atoms with Gasteiger partial charge in [-0.15, -0.1) is 0 Å². The van der Waals surface area contributed by atoms with E-state index in [0.29, 0.717) is 11.6 Å². The van der Waals surface area contributed by atoms with E-state index in [9.17, 15) is 14.4 Å². The molecular formula is C27H31N3O3. The lowest BCUT2D eigenvalue weighted by atomic mass is 9.79. The van der Waals surface area contributed by atoms with Crippen LogP contribution in [0.1, 0.15) is 62.3 Å². The summed E-state index contributed by atoms with van der Waals surface area (Å²) in [5.41, 5.74) is 5.64. The zero-order chi connectivity index (χ0) is 24.1. The maximum atomic E-state index is 13.3. The van der Waals surface area contributed by atoms with E-state index >= 15 is 0 Å². The van der Waals surface area contributed by atoms with Crippen molar-refractivity contribution in [1.82, 2.24) is 5.32 Å². The first-order valence-electron chi connectivity index (χ1n) is 11.4. The first-order chi connectivity index (χ1) is 15.5. The average molecular weight is 446 g/mol. The predicted octanol–water partition coefficient (Wildman–Crippen LogP) is 5.08. The number of hydrogen-bond acceptors (Lipinski definition) is 4. The van der Waals surface area contributed by atoms with Crippen molar-refractivity contribution in [3.05, 3.63) is 64.2 Å². The van der Waals surface area contributed by atoms with Crippen molar-refractivity contribution in [3.63, 3.8) is 0 Å². The predicted molar refractivity (Wildman–Crippen MR) is 131 cm³/mol. The van der Waals surface area contributed by atoms with Gasteiger partial charge in [-0.3, -0.25) is 14.9 Å². The minimum absolute atomic E-state index is 0.0519. The van der Waals surface area contributed by atoms with Gasteiger partial charge in [-0.25, -0.2) is 9.69 Å². The Balaban J connectivity index is 1.73. The molecule has 1 fully saturated rings. The normalized spacial score (nSPS) is 21.3. The van der Waals surface area contributed by atoms with Gasteiger partial charge in [0.15, 0.2) is 0 Å². The van der Waals surface area contributed by atoms with E-state index in [1.807, 2.05) is 26.0 Å². The fourth-order valence-corrected chi connectivity index (χ4v) is 5.12. The van der Waals surface area contributed by atoms with E-state index in [1.165, 1.54) is 11.3 Å². The average Bonchev–Trinajstić information content (AvgIpc) is 2.73. The third-order valence-electron chi connectivity index (χ3n) is 6.89. The molecule has 1 unspecified atom stereocenters. The van der Waals surface area contributed by atoms with Crippen molar-refractivity contribution in [3.8, 4) is 0 Å². The second-order valence-electron chi connectivity index (χ2n) is 9.71. The van der Waals surface area contributed by atoms with E-state index in [2.05, 4.69) is 50.0 Å². The summed E-state index contributed by atoms with van der Waals surface area (Å²) in [5, 5.41) is 2.31. The van der Waals surface area contributed by atoms with Crippen LogP contribution in [0.2, 0.25) is 0 Å². The Labute approximate surface area is 195 Å². The van der Waals surface area contributed by atoms with E-state index in [4.69, 9.17) is 0 Å². The number of benzene rings is 2. The number of urea groups is 1. The van der Waals surface area contributed by atoms with Crippen molar-refractivity contribution < 1.29 is 14.4 Å². The van der Waals surface area contributed by atoms with Crippen molar-refractivity contribution in [2.75, 3.05) is 16.3 Å². The van der Waals surface area contributed by atoms with Crippen LogP contribution >= 0.6 is 0 Å². The third-order valence-corrected chi connectivity index (χ3v) is 6.89. The zero-order valence-electron chi connectivity index (χ0n) is 20.2. The molecule has 2 heterocycles. The van der Waals surface area contributed by atoms with E-state index in [-0.39, 0.29) is 11.1 Å². The van der Waals surface area contributed by atoms with Gasteiger partial charge in [0.05, 0.1) is 5.69 Å². The summed E-state index contributed by atoms with van der Waals surface area (Å²) in [6.07, 6.45) is 2.60. The fourth-order valence-electron chi connectivity index (χ4n) is 5.12. The topological polar surface area (TPSA) is 69.7 Å². The van der Waals surface area contributed by atoms with Crippen LogP contribution in [0.15, 0.2) is 42.0 Å². The molecule has 6 heteroatoms. The fraction of sp³-hybridized carbons (Fsp3) is 0.370. The smallest absolute Gasteiger partial charge is 0.335 e. The molecular weight excluding hydrogens is 414 g/mol. The maximum absolute atomic E-state index is 13.3. The summed E-state index contributed by atoms with van der Waals surface area (Å²) in [7, 11) is 0. The highest BCUT2D eigenvalue weighted by molar-refractivity contribution is 6.39. The van der Waals surface area contributed by atoms with Gasteiger partial charge in [0.25, 0.3) is 11.8 Å². The molecule has 6 nitrogen and oxygen atoms in total. The number of amides is 4. The molecule has 1 N–H and O–H groups in total. The van der Waals surface area contributed by atoms with Crippen molar-refractivity contribution in [2.24, 2.45) is 0 Å². The van der Waals surface area contributed by atoms with Crippen LogP contribution < -0.4 is 15.1 Å². The number of carbonyl (C=O) groups excluding carboxylic acids is 3. The molecule has 0 saturated carbocycles. The first kappa shape index (κ1) is 22.8. The Bertz CT molecular complexity index is 1200. The first-order valence-corrected chi connectivity index (χ1v) is 11.4. The lowest BCUT2D eigenvalue weighted by molar-refractivity contribution is -0.122. The number of hydrogen-bond donors (Lipinski definition) is 1. The molecule has 33 heavy (non-hydrogen) atoms. The highest BCUT2D eigenvalue weighted by Gasteiger charge is 2.38. The standard InChI is InChI=1S/C27H31N3O3/c1-7-29-23-11-9-19(13-21(23)18(4)15-27(29,5)6)14-22-24(31)28-26(33)30(25(22)32)20-10-8-16(2)17(3)12-20/h8-14,18H,7,15H2,1-6H3,(H,28,31,33)/b22-14+. The lowest BCUT2D eigenvalue weighted by Crippen LogP contribution is -2.54. The number of imide groups is 2. The Kier molecular flexibility index (Phi) is 5.64. The number of nitrogens with one attached hydrogen (secondary N) is 1. The van der Waals surface area contributed by atoms with E-state index < -0.39 is 17.8 Å². The van der Waals surface area contributed by atoms with Gasteiger partial charge >= 0.3 is 6.03 Å². The van der Waals surface area contributed by atoms with Crippen molar-refractivity contribution in [2.45, 2.75) is 59.4 Å². The monoisotopic (exact) mass is 445 g/mol. The van der Waals surface area contributed by atoms with Crippen LogP contribution in [0.4, 0.5) is 16.2 Å². The quantitative estimate of drug-likeness (QED) is 0.528. The van der Waals surface area contributed by atoms with Crippen LogP contribution in [0, 0.1) is 13.8 Å². The summed E-state index contributed by atoms with van der Waals surface area (Å²) in [5.74, 6) is -0.943. The Morgan fingerprint density at radius 3 is 2.45 bits per heavy atom. The minimum atomic E-state index is -0.731. The van der Waals surface area contributed by atoms with Crippen molar-refractivity contribution in [1.29, 1.82) is 0 Å². The molecule has 2 aliphatic heterocycles. The molecule has 2 aromatic rings. The molecule has 1 atom stereocenters. The van der Waals surface area contributed by atoms with Crippen LogP contribution in [-0.4, -0.2) is 29.9 Å². The van der Waals surface area contributed by atoms with E-state index in [1.54, 1.807) is 18.2 Å². The summed E-state index contributed by atoms with van der Waals surface area (Å²) in [6, 6.07) is 10.7. The van der Waals surface area contributed by atoms with Gasteiger partial charge < -0.3 is 4.90 Å². The Morgan fingerprint density at radius 1 is 1.06 bits per heavy atom. The van der Waals surface area contributed by atoms with Crippen LogP contribution in [0.3, 0.4) is 0 Å². The number of aryl methyl sites for hydroxylation is 2. The largest absolute Gasteiger partial charge is 0.366 e. The van der Waals surface area contributed by atoms with Gasteiger partial charge in [-0.05, 0) is 99.6 Å². The molecule has 0 spiro atoms. The van der Waals surface area contributed by atoms with Crippen molar-refractivity contribution >= 4 is 35.3 Å². The number of fused-ring (bicyclic) bond motifs is 1. The molecule has 0 aromatic heterocycles. The molecule has 2 aliphatic rings. The van der Waals surface area contributed by atoms with Crippen LogP contribution in [-0.2, 0) is 9.59 Å². The second kappa shape index (κ2) is 8.18. The lowest BCUT2D eigenvalue weighted by Gasteiger charge is -2.47.